The Bertz CT molecular complexity index is 177. The van der Waals surface area contributed by atoms with Crippen molar-refractivity contribution in [3.8, 4) is 0 Å². The van der Waals surface area contributed by atoms with Gasteiger partial charge in [-0.1, -0.05) is 32.1 Å². The minimum Gasteiger partial charge on any atom is -0.330 e. The standard InChI is InChI=1S/C13H25NS/c14-10-11-6-2-1-3-9-13(11)15-12-7-4-5-8-12/h11-13H,1-10,14H2. The fourth-order valence-electron chi connectivity index (χ4n) is 3.07. The molecular formula is C13H25NS. The number of hydrogen-bond donors (Lipinski definition) is 1. The van der Waals surface area contributed by atoms with E-state index in [1.54, 1.807) is 0 Å². The lowest BCUT2D eigenvalue weighted by atomic mass is 10.0. The monoisotopic (exact) mass is 227 g/mol. The van der Waals surface area contributed by atoms with Gasteiger partial charge in [0.05, 0.1) is 0 Å². The third-order valence-corrected chi connectivity index (χ3v) is 5.89. The molecule has 2 fully saturated rings. The van der Waals surface area contributed by atoms with E-state index >= 15 is 0 Å². The molecule has 0 heterocycles. The van der Waals surface area contributed by atoms with Crippen molar-refractivity contribution < 1.29 is 0 Å². The van der Waals surface area contributed by atoms with E-state index in [0.717, 1.165) is 23.0 Å². The van der Waals surface area contributed by atoms with Crippen LogP contribution in [0.2, 0.25) is 0 Å². The molecule has 2 heteroatoms. The first-order valence-electron chi connectivity index (χ1n) is 6.75. The number of nitrogens with two attached hydrogens (primary N) is 1. The van der Waals surface area contributed by atoms with Gasteiger partial charge in [0.1, 0.15) is 0 Å². The fraction of sp³-hybridized carbons (Fsp3) is 1.00. The van der Waals surface area contributed by atoms with Crippen molar-refractivity contribution in [1.29, 1.82) is 0 Å². The predicted molar refractivity (Wildman–Crippen MR) is 69.3 cm³/mol. The summed E-state index contributed by atoms with van der Waals surface area (Å²) in [5.41, 5.74) is 5.92. The minimum absolute atomic E-state index is 0.818. The molecule has 2 saturated carbocycles. The Hall–Kier alpha value is 0.310. The van der Waals surface area contributed by atoms with Crippen LogP contribution in [0.4, 0.5) is 0 Å². The third-order valence-electron chi connectivity index (χ3n) is 4.06. The van der Waals surface area contributed by atoms with Gasteiger partial charge < -0.3 is 5.73 Å². The van der Waals surface area contributed by atoms with Gasteiger partial charge in [0.15, 0.2) is 0 Å². The molecule has 2 rings (SSSR count). The molecule has 2 atom stereocenters. The van der Waals surface area contributed by atoms with Gasteiger partial charge in [0, 0.05) is 10.5 Å². The van der Waals surface area contributed by atoms with E-state index in [1.807, 2.05) is 0 Å². The highest BCUT2D eigenvalue weighted by Crippen LogP contribution is 2.39. The topological polar surface area (TPSA) is 26.0 Å². The molecule has 0 spiro atoms. The lowest BCUT2D eigenvalue weighted by molar-refractivity contribution is 0.482. The molecule has 1 nitrogen and oxygen atoms in total. The number of rotatable bonds is 3. The van der Waals surface area contributed by atoms with Crippen LogP contribution < -0.4 is 5.73 Å². The van der Waals surface area contributed by atoms with E-state index < -0.39 is 0 Å². The van der Waals surface area contributed by atoms with Crippen LogP contribution in [0, 0.1) is 5.92 Å². The molecule has 2 aliphatic carbocycles. The summed E-state index contributed by atoms with van der Waals surface area (Å²) < 4.78 is 0. The van der Waals surface area contributed by atoms with Gasteiger partial charge in [0.2, 0.25) is 0 Å². The lowest BCUT2D eigenvalue weighted by Crippen LogP contribution is -2.26. The van der Waals surface area contributed by atoms with E-state index in [0.29, 0.717) is 0 Å². The highest BCUT2D eigenvalue weighted by molar-refractivity contribution is 8.00. The molecule has 15 heavy (non-hydrogen) atoms. The molecule has 0 aromatic rings. The van der Waals surface area contributed by atoms with Gasteiger partial charge in [0.25, 0.3) is 0 Å². The fourth-order valence-corrected chi connectivity index (χ4v) is 4.94. The SMILES string of the molecule is NCC1CCCCCC1SC1CCCC1. The van der Waals surface area contributed by atoms with Crippen molar-refractivity contribution in [3.05, 3.63) is 0 Å². The molecule has 0 aliphatic heterocycles. The summed E-state index contributed by atoms with van der Waals surface area (Å²) in [5, 5.41) is 1.86. The number of hydrogen-bond acceptors (Lipinski definition) is 2. The number of thioether (sulfide) groups is 1. The molecule has 0 saturated heterocycles. The summed E-state index contributed by atoms with van der Waals surface area (Å²) in [5.74, 6) is 0.818. The Kier molecular flexibility index (Phi) is 4.83. The summed E-state index contributed by atoms with van der Waals surface area (Å²) in [6.07, 6.45) is 13.0. The van der Waals surface area contributed by atoms with E-state index in [-0.39, 0.29) is 0 Å². The maximum atomic E-state index is 5.92. The van der Waals surface area contributed by atoms with Crippen molar-refractivity contribution in [3.63, 3.8) is 0 Å². The molecule has 0 amide bonds. The molecule has 2 unspecified atom stereocenters. The second kappa shape index (κ2) is 6.15. The van der Waals surface area contributed by atoms with Gasteiger partial charge >= 0.3 is 0 Å². The Morgan fingerprint density at radius 1 is 0.867 bits per heavy atom. The zero-order chi connectivity index (χ0) is 10.5. The van der Waals surface area contributed by atoms with E-state index in [4.69, 9.17) is 5.73 Å². The van der Waals surface area contributed by atoms with Crippen LogP contribution in [0.5, 0.6) is 0 Å². The Morgan fingerprint density at radius 2 is 1.53 bits per heavy atom. The van der Waals surface area contributed by atoms with Crippen LogP contribution >= 0.6 is 11.8 Å². The molecule has 2 aliphatic rings. The molecule has 0 aromatic carbocycles. The van der Waals surface area contributed by atoms with Gasteiger partial charge in [-0.25, -0.2) is 0 Å². The first kappa shape index (κ1) is 11.8. The van der Waals surface area contributed by atoms with Crippen molar-refractivity contribution >= 4 is 11.8 Å². The zero-order valence-corrected chi connectivity index (χ0v) is 10.6. The first-order chi connectivity index (χ1) is 7.40. The lowest BCUT2D eigenvalue weighted by Gasteiger charge is -2.26. The van der Waals surface area contributed by atoms with Crippen LogP contribution in [0.15, 0.2) is 0 Å². The van der Waals surface area contributed by atoms with Crippen LogP contribution in [-0.2, 0) is 0 Å². The maximum absolute atomic E-state index is 5.92. The van der Waals surface area contributed by atoms with Crippen LogP contribution in [0.25, 0.3) is 0 Å². The summed E-state index contributed by atoms with van der Waals surface area (Å²) in [6, 6.07) is 0. The first-order valence-corrected chi connectivity index (χ1v) is 7.70. The molecular weight excluding hydrogens is 202 g/mol. The van der Waals surface area contributed by atoms with Gasteiger partial charge in [-0.3, -0.25) is 0 Å². The third kappa shape index (κ3) is 3.39. The largest absolute Gasteiger partial charge is 0.330 e. The minimum atomic E-state index is 0.818. The summed E-state index contributed by atoms with van der Waals surface area (Å²) in [6.45, 7) is 0.921. The second-order valence-corrected chi connectivity index (χ2v) is 6.76. The van der Waals surface area contributed by atoms with Crippen molar-refractivity contribution in [2.75, 3.05) is 6.54 Å². The van der Waals surface area contributed by atoms with E-state index in [1.165, 1.54) is 57.8 Å². The Balaban J connectivity index is 1.85. The summed E-state index contributed by atoms with van der Waals surface area (Å²) in [7, 11) is 0. The quantitative estimate of drug-likeness (QED) is 0.746. The Morgan fingerprint density at radius 3 is 2.27 bits per heavy atom. The van der Waals surface area contributed by atoms with Gasteiger partial charge in [-0.05, 0) is 38.1 Å². The van der Waals surface area contributed by atoms with Crippen molar-refractivity contribution in [1.82, 2.24) is 0 Å². The zero-order valence-electron chi connectivity index (χ0n) is 9.79. The highest BCUT2D eigenvalue weighted by atomic mass is 32.2. The molecule has 0 radical (unpaired) electrons. The van der Waals surface area contributed by atoms with Crippen molar-refractivity contribution in [2.45, 2.75) is 68.3 Å². The second-order valence-electron chi connectivity index (χ2n) is 5.21. The van der Waals surface area contributed by atoms with E-state index in [2.05, 4.69) is 11.8 Å². The highest BCUT2D eigenvalue weighted by Gasteiger charge is 2.27. The molecule has 2 N–H and O–H groups in total. The normalized spacial score (nSPS) is 34.2. The molecule has 0 bridgehead atoms. The average molecular weight is 227 g/mol. The maximum Gasteiger partial charge on any atom is 0.00901 e. The predicted octanol–water partition coefficient (Wildman–Crippen LogP) is 3.57. The Labute approximate surface area is 98.6 Å². The van der Waals surface area contributed by atoms with Crippen LogP contribution in [0.3, 0.4) is 0 Å². The van der Waals surface area contributed by atoms with Gasteiger partial charge in [-0.15, -0.1) is 0 Å². The van der Waals surface area contributed by atoms with Gasteiger partial charge in [-0.2, -0.15) is 11.8 Å². The van der Waals surface area contributed by atoms with Crippen LogP contribution in [0.1, 0.15) is 57.8 Å². The summed E-state index contributed by atoms with van der Waals surface area (Å²) in [4.78, 5) is 0. The van der Waals surface area contributed by atoms with Crippen LogP contribution in [-0.4, -0.2) is 17.0 Å². The molecule has 0 aromatic heterocycles. The average Bonchev–Trinajstić information content (AvgIpc) is 2.64. The van der Waals surface area contributed by atoms with E-state index in [9.17, 15) is 0 Å². The van der Waals surface area contributed by atoms with Crippen molar-refractivity contribution in [2.24, 2.45) is 11.7 Å². The smallest absolute Gasteiger partial charge is 0.00901 e. The molecule has 88 valence electrons. The summed E-state index contributed by atoms with van der Waals surface area (Å²) >= 11 is 2.29.